The average molecular weight is 372 g/mol. The molecule has 0 heterocycles. The Morgan fingerprint density at radius 3 is 2.32 bits per heavy atom. The molecule has 1 atom stereocenters. The highest BCUT2D eigenvalue weighted by Crippen LogP contribution is 2.35. The number of nitrogens with zero attached hydrogens (tertiary/aromatic N) is 2. The highest BCUT2D eigenvalue weighted by molar-refractivity contribution is 14.1. The van der Waals surface area contributed by atoms with Crippen LogP contribution in [0.4, 0.5) is 4.79 Å². The molecule has 0 unspecified atom stereocenters. The fourth-order valence-electron chi connectivity index (χ4n) is 1.92. The van der Waals surface area contributed by atoms with E-state index >= 15 is 0 Å². The van der Waals surface area contributed by atoms with Crippen molar-refractivity contribution in [3.8, 4) is 6.19 Å². The van der Waals surface area contributed by atoms with Crippen molar-refractivity contribution < 1.29 is 9.90 Å². The molecule has 5 heteroatoms. The van der Waals surface area contributed by atoms with Gasteiger partial charge < -0.3 is 5.11 Å². The number of amides is 1. The van der Waals surface area contributed by atoms with Gasteiger partial charge in [-0.05, 0) is 45.7 Å². The summed E-state index contributed by atoms with van der Waals surface area (Å²) in [6, 6.07) is 7.97. The van der Waals surface area contributed by atoms with Gasteiger partial charge in [0.2, 0.25) is 0 Å². The van der Waals surface area contributed by atoms with Crippen molar-refractivity contribution >= 4 is 28.7 Å². The normalized spacial score (nSPS) is 12.6. The Kier molecular flexibility index (Phi) is 5.18. The zero-order valence-corrected chi connectivity index (χ0v) is 13.4. The first-order valence-electron chi connectivity index (χ1n) is 5.91. The second kappa shape index (κ2) is 6.24. The lowest BCUT2D eigenvalue weighted by Gasteiger charge is -2.32. The summed E-state index contributed by atoms with van der Waals surface area (Å²) in [5.41, 5.74) is 0.923. The van der Waals surface area contributed by atoms with Crippen molar-refractivity contribution in [2.45, 2.75) is 26.7 Å². The Bertz CT molecular complexity index is 486. The number of carbonyl (C=O) groups is 1. The largest absolute Gasteiger partial charge is 0.464 e. The van der Waals surface area contributed by atoms with E-state index in [0.29, 0.717) is 0 Å². The molecule has 0 aliphatic carbocycles. The number of hydrogen-bond acceptors (Lipinski definition) is 2. The van der Waals surface area contributed by atoms with Crippen molar-refractivity contribution in [2.24, 2.45) is 5.41 Å². The van der Waals surface area contributed by atoms with Gasteiger partial charge in [0.15, 0.2) is 6.19 Å². The Hall–Kier alpha value is -1.29. The molecule has 0 spiro atoms. The Balaban J connectivity index is 3.07. The topological polar surface area (TPSA) is 64.3 Å². The Labute approximate surface area is 127 Å². The minimum Gasteiger partial charge on any atom is -0.464 e. The summed E-state index contributed by atoms with van der Waals surface area (Å²) in [6.07, 6.45) is 0.511. The monoisotopic (exact) mass is 372 g/mol. The molecule has 0 saturated heterocycles. The van der Waals surface area contributed by atoms with E-state index in [2.05, 4.69) is 22.6 Å². The smallest absolute Gasteiger partial charge is 0.420 e. The van der Waals surface area contributed by atoms with Crippen LogP contribution < -0.4 is 0 Å². The van der Waals surface area contributed by atoms with Crippen LogP contribution in [-0.2, 0) is 0 Å². The third kappa shape index (κ3) is 4.39. The van der Waals surface area contributed by atoms with Crippen LogP contribution in [0.3, 0.4) is 0 Å². The van der Waals surface area contributed by atoms with E-state index in [1.807, 2.05) is 45.0 Å². The highest BCUT2D eigenvalue weighted by atomic mass is 127. The van der Waals surface area contributed by atoms with Crippen LogP contribution in [0.1, 0.15) is 32.3 Å². The number of rotatable bonds is 3. The number of benzene rings is 1. The number of halogens is 1. The van der Waals surface area contributed by atoms with Crippen LogP contribution >= 0.6 is 22.6 Å². The van der Waals surface area contributed by atoms with Crippen molar-refractivity contribution in [1.29, 1.82) is 5.26 Å². The van der Waals surface area contributed by atoms with Gasteiger partial charge in [-0.15, -0.1) is 0 Å². The summed E-state index contributed by atoms with van der Waals surface area (Å²) in [5, 5.41) is 17.9. The molecular weight excluding hydrogens is 355 g/mol. The van der Waals surface area contributed by atoms with Gasteiger partial charge in [-0.1, -0.05) is 32.9 Å². The predicted molar refractivity (Wildman–Crippen MR) is 81.7 cm³/mol. The summed E-state index contributed by atoms with van der Waals surface area (Å²) in [5.74, 6) is -0.0275. The van der Waals surface area contributed by atoms with Crippen molar-refractivity contribution in [1.82, 2.24) is 4.90 Å². The van der Waals surface area contributed by atoms with Crippen molar-refractivity contribution in [3.05, 3.63) is 33.4 Å². The fraction of sp³-hybridized carbons (Fsp3) is 0.429. The fourth-order valence-corrected chi connectivity index (χ4v) is 2.28. The second-order valence-corrected chi connectivity index (χ2v) is 6.71. The lowest BCUT2D eigenvalue weighted by atomic mass is 9.76. The van der Waals surface area contributed by atoms with E-state index in [0.717, 1.165) is 14.0 Å². The lowest BCUT2D eigenvalue weighted by molar-refractivity contribution is 0.155. The predicted octanol–water partition coefficient (Wildman–Crippen LogP) is 3.88. The van der Waals surface area contributed by atoms with Gasteiger partial charge in [0.1, 0.15) is 0 Å². The molecule has 1 aromatic rings. The van der Waals surface area contributed by atoms with E-state index in [-0.39, 0.29) is 17.9 Å². The van der Waals surface area contributed by atoms with Gasteiger partial charge in [0, 0.05) is 16.0 Å². The first-order chi connectivity index (χ1) is 8.75. The van der Waals surface area contributed by atoms with Crippen molar-refractivity contribution in [3.63, 3.8) is 0 Å². The minimum atomic E-state index is -1.21. The van der Waals surface area contributed by atoms with E-state index in [1.54, 1.807) is 6.19 Å². The van der Waals surface area contributed by atoms with Gasteiger partial charge in [-0.25, -0.2) is 9.69 Å². The molecular formula is C14H17IN2O2. The van der Waals surface area contributed by atoms with Crippen LogP contribution in [0.15, 0.2) is 24.3 Å². The molecule has 1 amide bonds. The number of carboxylic acid groups (broad SMARTS) is 1. The molecule has 19 heavy (non-hydrogen) atoms. The molecule has 0 aliphatic heterocycles. The van der Waals surface area contributed by atoms with Crippen LogP contribution in [0.5, 0.6) is 0 Å². The van der Waals surface area contributed by atoms with Crippen LogP contribution in [0.2, 0.25) is 0 Å². The highest BCUT2D eigenvalue weighted by Gasteiger charge is 2.30. The molecule has 0 radical (unpaired) electrons. The number of nitriles is 1. The quantitative estimate of drug-likeness (QED) is 0.498. The van der Waals surface area contributed by atoms with Gasteiger partial charge in [-0.3, -0.25) is 0 Å². The minimum absolute atomic E-state index is 0.0275. The van der Waals surface area contributed by atoms with E-state index in [4.69, 9.17) is 10.4 Å². The molecule has 102 valence electrons. The maximum absolute atomic E-state index is 11.0. The molecule has 1 N–H and O–H groups in total. The Morgan fingerprint density at radius 2 is 1.95 bits per heavy atom. The first kappa shape index (κ1) is 15.8. The van der Waals surface area contributed by atoms with E-state index < -0.39 is 6.09 Å². The molecule has 0 saturated carbocycles. The molecule has 0 aliphatic rings. The first-order valence-corrected chi connectivity index (χ1v) is 6.99. The maximum Gasteiger partial charge on any atom is 0.420 e. The van der Waals surface area contributed by atoms with Gasteiger partial charge in [-0.2, -0.15) is 5.26 Å². The third-order valence-electron chi connectivity index (χ3n) is 3.03. The summed E-state index contributed by atoms with van der Waals surface area (Å²) in [4.78, 5) is 11.8. The van der Waals surface area contributed by atoms with Gasteiger partial charge in [0.05, 0.1) is 0 Å². The molecule has 0 bridgehead atoms. The van der Waals surface area contributed by atoms with Gasteiger partial charge >= 0.3 is 6.09 Å². The zero-order chi connectivity index (χ0) is 14.6. The molecule has 1 rings (SSSR count). The van der Waals surface area contributed by atoms with Gasteiger partial charge in [0.25, 0.3) is 0 Å². The molecule has 1 aromatic carbocycles. The van der Waals surface area contributed by atoms with Crippen LogP contribution in [0, 0.1) is 20.4 Å². The average Bonchev–Trinajstić information content (AvgIpc) is 2.30. The summed E-state index contributed by atoms with van der Waals surface area (Å²) in [7, 11) is 0. The third-order valence-corrected chi connectivity index (χ3v) is 3.75. The van der Waals surface area contributed by atoms with Crippen molar-refractivity contribution in [2.75, 3.05) is 6.54 Å². The molecule has 0 fully saturated rings. The standard InChI is InChI=1S/C14H17IN2O2/c1-14(2,3)12(8-17(9-16)13(18)19)10-4-6-11(15)7-5-10/h4-7,12H,8H2,1-3H3,(H,18,19)/t12-/m1/s1. The number of hydrogen-bond donors (Lipinski definition) is 1. The summed E-state index contributed by atoms with van der Waals surface area (Å²) in [6.45, 7) is 6.32. The van der Waals surface area contributed by atoms with E-state index in [9.17, 15) is 4.79 Å². The summed E-state index contributed by atoms with van der Waals surface area (Å²) < 4.78 is 1.13. The second-order valence-electron chi connectivity index (χ2n) is 5.46. The lowest BCUT2D eigenvalue weighted by Crippen LogP contribution is -2.34. The SMILES string of the molecule is CC(C)(C)[C@H](CN(C#N)C(=O)O)c1ccc(I)cc1. The van der Waals surface area contributed by atoms with Crippen LogP contribution in [0.25, 0.3) is 0 Å². The van der Waals surface area contributed by atoms with E-state index in [1.165, 1.54) is 0 Å². The van der Waals surface area contributed by atoms with Crippen LogP contribution in [-0.4, -0.2) is 22.6 Å². The molecule has 0 aromatic heterocycles. The zero-order valence-electron chi connectivity index (χ0n) is 11.2. The maximum atomic E-state index is 11.0. The summed E-state index contributed by atoms with van der Waals surface area (Å²) >= 11 is 2.23. The molecule has 4 nitrogen and oxygen atoms in total. The Morgan fingerprint density at radius 1 is 1.42 bits per heavy atom.